The molecular weight excluding hydrogens is 212 g/mol. The van der Waals surface area contributed by atoms with Crippen molar-refractivity contribution < 1.29 is 4.79 Å². The average Bonchev–Trinajstić information content (AvgIpc) is 2.82. The van der Waals surface area contributed by atoms with Crippen LogP contribution in [0.1, 0.15) is 10.4 Å². The Kier molecular flexibility index (Phi) is 2.22. The zero-order valence-corrected chi connectivity index (χ0v) is 9.05. The molecule has 0 saturated carbocycles. The fraction of sp³-hybridized carbons (Fsp3) is 0. The molecule has 3 rings (SSSR count). The van der Waals surface area contributed by atoms with Gasteiger partial charge < -0.3 is 4.98 Å². The summed E-state index contributed by atoms with van der Waals surface area (Å²) in [4.78, 5) is 18.4. The highest BCUT2D eigenvalue weighted by molar-refractivity contribution is 5.98. The Morgan fingerprint density at radius 1 is 1.06 bits per heavy atom. The van der Waals surface area contributed by atoms with Crippen molar-refractivity contribution in [2.75, 3.05) is 0 Å². The van der Waals surface area contributed by atoms with Crippen molar-refractivity contribution in [1.82, 2.24) is 9.97 Å². The van der Waals surface area contributed by atoms with Crippen LogP contribution in [0.2, 0.25) is 0 Å². The summed E-state index contributed by atoms with van der Waals surface area (Å²) in [5.74, 6) is 0. The number of hydrogen-bond acceptors (Lipinski definition) is 2. The summed E-state index contributed by atoms with van der Waals surface area (Å²) in [6.45, 7) is 0. The van der Waals surface area contributed by atoms with Gasteiger partial charge in [0.15, 0.2) is 6.29 Å². The number of fused-ring (bicyclic) bond motifs is 1. The van der Waals surface area contributed by atoms with Gasteiger partial charge in [-0.05, 0) is 17.7 Å². The molecular formula is C14H10N2O. The predicted octanol–water partition coefficient (Wildman–Crippen LogP) is 3.04. The zero-order chi connectivity index (χ0) is 11.7. The quantitative estimate of drug-likeness (QED) is 0.677. The second-order valence-corrected chi connectivity index (χ2v) is 3.81. The van der Waals surface area contributed by atoms with Gasteiger partial charge in [-0.25, -0.2) is 4.98 Å². The molecule has 0 spiro atoms. The molecule has 0 amide bonds. The fourth-order valence-corrected chi connectivity index (χ4v) is 2.02. The topological polar surface area (TPSA) is 45.8 Å². The van der Waals surface area contributed by atoms with E-state index in [1.165, 1.54) is 0 Å². The molecule has 3 aromatic rings. The van der Waals surface area contributed by atoms with E-state index in [4.69, 9.17) is 0 Å². The lowest BCUT2D eigenvalue weighted by Crippen LogP contribution is -1.85. The maximum Gasteiger partial charge on any atom is 0.150 e. The van der Waals surface area contributed by atoms with Gasteiger partial charge in [0.25, 0.3) is 0 Å². The van der Waals surface area contributed by atoms with Crippen LogP contribution in [-0.2, 0) is 0 Å². The number of aldehydes is 1. The zero-order valence-electron chi connectivity index (χ0n) is 9.05. The smallest absolute Gasteiger partial charge is 0.150 e. The molecule has 0 aliphatic carbocycles. The van der Waals surface area contributed by atoms with Crippen LogP contribution < -0.4 is 0 Å². The van der Waals surface area contributed by atoms with Crippen LogP contribution in [0.25, 0.3) is 22.2 Å². The summed E-state index contributed by atoms with van der Waals surface area (Å²) in [5, 5.41) is 1.03. The Morgan fingerprint density at radius 2 is 1.94 bits per heavy atom. The van der Waals surface area contributed by atoms with Gasteiger partial charge in [-0.2, -0.15) is 0 Å². The number of hydrogen-bond donors (Lipinski definition) is 1. The lowest BCUT2D eigenvalue weighted by Gasteiger charge is -2.02. The SMILES string of the molecule is O=Cc1ccccc1-c1c[nH]c2ncccc12. The van der Waals surface area contributed by atoms with E-state index in [1.54, 1.807) is 6.20 Å². The maximum absolute atomic E-state index is 11.0. The Bertz CT molecular complexity index is 685. The van der Waals surface area contributed by atoms with Crippen molar-refractivity contribution in [2.24, 2.45) is 0 Å². The summed E-state index contributed by atoms with van der Waals surface area (Å²) < 4.78 is 0. The van der Waals surface area contributed by atoms with Crippen LogP contribution in [0.4, 0.5) is 0 Å². The maximum atomic E-state index is 11.0. The molecule has 0 radical (unpaired) electrons. The van der Waals surface area contributed by atoms with Crippen LogP contribution in [0, 0.1) is 0 Å². The summed E-state index contributed by atoms with van der Waals surface area (Å²) >= 11 is 0. The minimum atomic E-state index is 0.692. The molecule has 3 nitrogen and oxygen atoms in total. The summed E-state index contributed by atoms with van der Waals surface area (Å²) in [7, 11) is 0. The van der Waals surface area contributed by atoms with Gasteiger partial charge in [-0.3, -0.25) is 4.79 Å². The first-order chi connectivity index (χ1) is 8.40. The molecule has 3 heteroatoms. The number of pyridine rings is 1. The highest BCUT2D eigenvalue weighted by Crippen LogP contribution is 2.29. The molecule has 0 aliphatic heterocycles. The number of carbonyl (C=O) groups is 1. The normalized spacial score (nSPS) is 10.6. The van der Waals surface area contributed by atoms with Gasteiger partial charge >= 0.3 is 0 Å². The third-order valence-electron chi connectivity index (χ3n) is 2.83. The lowest BCUT2D eigenvalue weighted by molar-refractivity contribution is 0.112. The molecule has 1 aromatic carbocycles. The standard InChI is InChI=1S/C14H10N2O/c17-9-10-4-1-2-5-11(10)13-8-16-14-12(13)6-3-7-15-14/h1-9H,(H,15,16). The summed E-state index contributed by atoms with van der Waals surface area (Å²) in [5.41, 5.74) is 3.47. The number of H-pyrrole nitrogens is 1. The third-order valence-corrected chi connectivity index (χ3v) is 2.83. The molecule has 82 valence electrons. The van der Waals surface area contributed by atoms with Crippen molar-refractivity contribution in [3.63, 3.8) is 0 Å². The second kappa shape index (κ2) is 3.87. The number of benzene rings is 1. The summed E-state index contributed by atoms with van der Waals surface area (Å²) in [6, 6.07) is 11.4. The van der Waals surface area contributed by atoms with Crippen molar-refractivity contribution in [3.8, 4) is 11.1 Å². The number of nitrogens with zero attached hydrogens (tertiary/aromatic N) is 1. The lowest BCUT2D eigenvalue weighted by atomic mass is 10.0. The van der Waals surface area contributed by atoms with Crippen molar-refractivity contribution in [2.45, 2.75) is 0 Å². The van der Waals surface area contributed by atoms with Gasteiger partial charge in [0.2, 0.25) is 0 Å². The van der Waals surface area contributed by atoms with Crippen molar-refractivity contribution in [3.05, 3.63) is 54.4 Å². The van der Waals surface area contributed by atoms with Crippen molar-refractivity contribution in [1.29, 1.82) is 0 Å². The van der Waals surface area contributed by atoms with Gasteiger partial charge in [-0.15, -0.1) is 0 Å². The van der Waals surface area contributed by atoms with Gasteiger partial charge in [-0.1, -0.05) is 24.3 Å². The molecule has 0 bridgehead atoms. The molecule has 17 heavy (non-hydrogen) atoms. The first kappa shape index (κ1) is 9.78. The number of nitrogens with one attached hydrogen (secondary N) is 1. The molecule has 0 fully saturated rings. The number of carbonyl (C=O) groups excluding carboxylic acids is 1. The van der Waals surface area contributed by atoms with E-state index >= 15 is 0 Å². The molecule has 1 N–H and O–H groups in total. The molecule has 0 saturated heterocycles. The first-order valence-electron chi connectivity index (χ1n) is 5.37. The fourth-order valence-electron chi connectivity index (χ4n) is 2.02. The average molecular weight is 222 g/mol. The van der Waals surface area contributed by atoms with Crippen LogP contribution >= 0.6 is 0 Å². The van der Waals surface area contributed by atoms with Gasteiger partial charge in [0, 0.05) is 28.9 Å². The monoisotopic (exact) mass is 222 g/mol. The van der Waals surface area contributed by atoms with Crippen molar-refractivity contribution >= 4 is 17.3 Å². The minimum Gasteiger partial charge on any atom is -0.346 e. The van der Waals surface area contributed by atoms with Crippen LogP contribution in [0.5, 0.6) is 0 Å². The Hall–Kier alpha value is -2.42. The predicted molar refractivity (Wildman–Crippen MR) is 66.9 cm³/mol. The van der Waals surface area contributed by atoms with Crippen LogP contribution in [0.3, 0.4) is 0 Å². The molecule has 2 aromatic heterocycles. The second-order valence-electron chi connectivity index (χ2n) is 3.81. The van der Waals surface area contributed by atoms with E-state index in [0.717, 1.165) is 28.4 Å². The molecule has 0 unspecified atom stereocenters. The Balaban J connectivity index is 2.31. The largest absolute Gasteiger partial charge is 0.346 e. The van der Waals surface area contributed by atoms with Gasteiger partial charge in [0.05, 0.1) is 0 Å². The number of aromatic amines is 1. The summed E-state index contributed by atoms with van der Waals surface area (Å²) in [6.07, 6.45) is 4.51. The van der Waals surface area contributed by atoms with E-state index in [2.05, 4.69) is 9.97 Å². The minimum absolute atomic E-state index is 0.692. The third kappa shape index (κ3) is 1.52. The highest BCUT2D eigenvalue weighted by atomic mass is 16.1. The highest BCUT2D eigenvalue weighted by Gasteiger charge is 2.09. The number of aromatic nitrogens is 2. The Labute approximate surface area is 98.1 Å². The first-order valence-corrected chi connectivity index (χ1v) is 5.37. The molecule has 2 heterocycles. The Morgan fingerprint density at radius 3 is 2.82 bits per heavy atom. The molecule has 0 atom stereocenters. The van der Waals surface area contributed by atoms with E-state index in [-0.39, 0.29) is 0 Å². The van der Waals surface area contributed by atoms with E-state index in [1.807, 2.05) is 42.6 Å². The molecule has 0 aliphatic rings. The van der Waals surface area contributed by atoms with Crippen LogP contribution in [0.15, 0.2) is 48.8 Å². The van der Waals surface area contributed by atoms with E-state index in [9.17, 15) is 4.79 Å². The van der Waals surface area contributed by atoms with Gasteiger partial charge in [0.1, 0.15) is 5.65 Å². The van der Waals surface area contributed by atoms with Crippen LogP contribution in [-0.4, -0.2) is 16.3 Å². The number of rotatable bonds is 2. The van der Waals surface area contributed by atoms with E-state index < -0.39 is 0 Å². The van der Waals surface area contributed by atoms with E-state index in [0.29, 0.717) is 5.56 Å².